The number of carboxylic acid groups (broad SMARTS) is 1. The van der Waals surface area contributed by atoms with Crippen molar-refractivity contribution in [1.82, 2.24) is 0 Å². The molecule has 15 heavy (non-hydrogen) atoms. The van der Waals surface area contributed by atoms with E-state index in [1.54, 1.807) is 11.3 Å². The molecule has 0 spiro atoms. The lowest BCUT2D eigenvalue weighted by Gasteiger charge is -1.96. The molecular formula is C11H9ClO2S. The van der Waals surface area contributed by atoms with Crippen LogP contribution in [0.15, 0.2) is 23.6 Å². The van der Waals surface area contributed by atoms with Crippen molar-refractivity contribution >= 4 is 39.0 Å². The van der Waals surface area contributed by atoms with Gasteiger partial charge in [0.1, 0.15) is 0 Å². The van der Waals surface area contributed by atoms with Crippen LogP contribution in [0.25, 0.3) is 10.1 Å². The quantitative estimate of drug-likeness (QED) is 0.891. The van der Waals surface area contributed by atoms with E-state index in [2.05, 4.69) is 0 Å². The van der Waals surface area contributed by atoms with E-state index in [4.69, 9.17) is 16.7 Å². The summed E-state index contributed by atoms with van der Waals surface area (Å²) in [6.07, 6.45) is 0.755. The zero-order chi connectivity index (χ0) is 10.8. The van der Waals surface area contributed by atoms with Crippen LogP contribution in [0.2, 0.25) is 5.02 Å². The fourth-order valence-corrected chi connectivity index (χ4v) is 2.76. The Kier molecular flexibility index (Phi) is 2.93. The SMILES string of the molecule is O=C(O)CCc1csc2cc(Cl)ccc12. The summed E-state index contributed by atoms with van der Waals surface area (Å²) in [5.41, 5.74) is 1.09. The first-order chi connectivity index (χ1) is 7.16. The lowest BCUT2D eigenvalue weighted by molar-refractivity contribution is -0.136. The molecule has 0 aliphatic heterocycles. The zero-order valence-corrected chi connectivity index (χ0v) is 9.44. The molecule has 0 atom stereocenters. The Labute approximate surface area is 96.1 Å². The first-order valence-electron chi connectivity index (χ1n) is 4.54. The van der Waals surface area contributed by atoms with Crippen LogP contribution in [0.3, 0.4) is 0 Å². The minimum atomic E-state index is -0.761. The van der Waals surface area contributed by atoms with Gasteiger partial charge in [-0.25, -0.2) is 0 Å². The van der Waals surface area contributed by atoms with Gasteiger partial charge in [-0.15, -0.1) is 11.3 Å². The zero-order valence-electron chi connectivity index (χ0n) is 7.87. The van der Waals surface area contributed by atoms with Crippen LogP contribution >= 0.6 is 22.9 Å². The smallest absolute Gasteiger partial charge is 0.303 e. The average molecular weight is 241 g/mol. The van der Waals surface area contributed by atoms with E-state index in [1.165, 1.54) is 0 Å². The molecule has 0 aliphatic carbocycles. The number of fused-ring (bicyclic) bond motifs is 1. The van der Waals surface area contributed by atoms with Gasteiger partial charge < -0.3 is 5.11 Å². The Balaban J connectivity index is 2.32. The fourth-order valence-electron chi connectivity index (χ4n) is 1.49. The van der Waals surface area contributed by atoms with E-state index < -0.39 is 5.97 Å². The van der Waals surface area contributed by atoms with Crippen molar-refractivity contribution < 1.29 is 9.90 Å². The number of benzene rings is 1. The second-order valence-electron chi connectivity index (χ2n) is 3.30. The number of rotatable bonds is 3. The van der Waals surface area contributed by atoms with Gasteiger partial charge in [0.25, 0.3) is 0 Å². The van der Waals surface area contributed by atoms with Crippen LogP contribution in [0.1, 0.15) is 12.0 Å². The third-order valence-corrected chi connectivity index (χ3v) is 3.46. The van der Waals surface area contributed by atoms with Crippen molar-refractivity contribution in [2.75, 3.05) is 0 Å². The molecule has 0 fully saturated rings. The molecule has 4 heteroatoms. The highest BCUT2D eigenvalue weighted by atomic mass is 35.5. The van der Waals surface area contributed by atoms with Gasteiger partial charge in [-0.05, 0) is 34.9 Å². The Morgan fingerprint density at radius 3 is 3.00 bits per heavy atom. The first-order valence-corrected chi connectivity index (χ1v) is 5.80. The summed E-state index contributed by atoms with van der Waals surface area (Å²) in [4.78, 5) is 10.5. The second kappa shape index (κ2) is 4.21. The molecule has 0 saturated carbocycles. The Morgan fingerprint density at radius 1 is 1.47 bits per heavy atom. The van der Waals surface area contributed by atoms with Gasteiger partial charge in [-0.3, -0.25) is 4.79 Å². The van der Waals surface area contributed by atoms with Gasteiger partial charge in [0.05, 0.1) is 0 Å². The number of aryl methyl sites for hydroxylation is 1. The van der Waals surface area contributed by atoms with Crippen LogP contribution < -0.4 is 0 Å². The predicted molar refractivity (Wildman–Crippen MR) is 62.8 cm³/mol. The largest absolute Gasteiger partial charge is 0.481 e. The molecule has 0 amide bonds. The summed E-state index contributed by atoms with van der Waals surface area (Å²) in [5, 5.41) is 12.4. The molecule has 0 unspecified atom stereocenters. The summed E-state index contributed by atoms with van der Waals surface area (Å²) < 4.78 is 1.11. The van der Waals surface area contributed by atoms with E-state index >= 15 is 0 Å². The number of aliphatic carboxylic acids is 1. The second-order valence-corrected chi connectivity index (χ2v) is 4.64. The number of hydrogen-bond donors (Lipinski definition) is 1. The molecule has 1 aromatic carbocycles. The van der Waals surface area contributed by atoms with Gasteiger partial charge >= 0.3 is 5.97 Å². The maximum atomic E-state index is 10.5. The highest BCUT2D eigenvalue weighted by Crippen LogP contribution is 2.29. The van der Waals surface area contributed by atoms with E-state index in [9.17, 15) is 4.79 Å². The van der Waals surface area contributed by atoms with Gasteiger partial charge in [0, 0.05) is 16.1 Å². The Hall–Kier alpha value is -1.06. The summed E-state index contributed by atoms with van der Waals surface area (Å²) in [6.45, 7) is 0. The number of thiophene rings is 1. The number of halogens is 1. The molecule has 78 valence electrons. The molecule has 1 N–H and O–H groups in total. The Bertz CT molecular complexity index is 504. The predicted octanol–water partition coefficient (Wildman–Crippen LogP) is 3.57. The van der Waals surface area contributed by atoms with Crippen LogP contribution in [-0.4, -0.2) is 11.1 Å². The van der Waals surface area contributed by atoms with E-state index in [1.807, 2.05) is 23.6 Å². The summed E-state index contributed by atoms with van der Waals surface area (Å²) in [6, 6.07) is 5.69. The number of carboxylic acids is 1. The van der Waals surface area contributed by atoms with Gasteiger partial charge in [0.15, 0.2) is 0 Å². The minimum Gasteiger partial charge on any atom is -0.481 e. The van der Waals surface area contributed by atoms with Gasteiger partial charge in [-0.1, -0.05) is 17.7 Å². The van der Waals surface area contributed by atoms with Crippen molar-refractivity contribution in [2.24, 2.45) is 0 Å². The summed E-state index contributed by atoms with van der Waals surface area (Å²) in [7, 11) is 0. The maximum absolute atomic E-state index is 10.5. The van der Waals surface area contributed by atoms with Crippen LogP contribution in [0, 0.1) is 0 Å². The molecule has 2 aromatic rings. The van der Waals surface area contributed by atoms with Crippen molar-refractivity contribution in [3.05, 3.63) is 34.2 Å². The third-order valence-electron chi connectivity index (χ3n) is 2.23. The topological polar surface area (TPSA) is 37.3 Å². The third kappa shape index (κ3) is 2.30. The average Bonchev–Trinajstić information content (AvgIpc) is 2.57. The van der Waals surface area contributed by atoms with Crippen molar-refractivity contribution in [2.45, 2.75) is 12.8 Å². The maximum Gasteiger partial charge on any atom is 0.303 e. The summed E-state index contributed by atoms with van der Waals surface area (Å²) >= 11 is 7.47. The first kappa shape index (κ1) is 10.5. The van der Waals surface area contributed by atoms with Gasteiger partial charge in [0.2, 0.25) is 0 Å². The molecule has 2 nitrogen and oxygen atoms in total. The van der Waals surface area contributed by atoms with Crippen molar-refractivity contribution in [1.29, 1.82) is 0 Å². The molecule has 0 saturated heterocycles. The number of hydrogen-bond acceptors (Lipinski definition) is 2. The monoisotopic (exact) mass is 240 g/mol. The lowest BCUT2D eigenvalue weighted by Crippen LogP contribution is -1.96. The van der Waals surface area contributed by atoms with Gasteiger partial charge in [-0.2, -0.15) is 0 Å². The summed E-state index contributed by atoms with van der Waals surface area (Å²) in [5.74, 6) is -0.761. The lowest BCUT2D eigenvalue weighted by atomic mass is 10.1. The Morgan fingerprint density at radius 2 is 2.27 bits per heavy atom. The van der Waals surface area contributed by atoms with Crippen LogP contribution in [0.4, 0.5) is 0 Å². The van der Waals surface area contributed by atoms with E-state index in [0.717, 1.165) is 15.6 Å². The molecule has 1 heterocycles. The molecular weight excluding hydrogens is 232 g/mol. The normalized spacial score (nSPS) is 10.7. The fraction of sp³-hybridized carbons (Fsp3) is 0.182. The van der Waals surface area contributed by atoms with E-state index in [-0.39, 0.29) is 6.42 Å². The molecule has 1 aromatic heterocycles. The van der Waals surface area contributed by atoms with Crippen LogP contribution in [-0.2, 0) is 11.2 Å². The molecule has 0 aliphatic rings. The molecule has 2 rings (SSSR count). The van der Waals surface area contributed by atoms with E-state index in [0.29, 0.717) is 11.4 Å². The highest BCUT2D eigenvalue weighted by Gasteiger charge is 2.06. The highest BCUT2D eigenvalue weighted by molar-refractivity contribution is 7.17. The standard InChI is InChI=1S/C11H9ClO2S/c12-8-2-3-9-7(1-4-11(13)14)6-15-10(9)5-8/h2-3,5-6H,1,4H2,(H,13,14). The molecule has 0 bridgehead atoms. The number of carbonyl (C=O) groups is 1. The minimum absolute atomic E-state index is 0.175. The van der Waals surface area contributed by atoms with Crippen molar-refractivity contribution in [3.8, 4) is 0 Å². The molecule has 0 radical (unpaired) electrons. The van der Waals surface area contributed by atoms with Crippen molar-refractivity contribution in [3.63, 3.8) is 0 Å². The van der Waals surface area contributed by atoms with Crippen LogP contribution in [0.5, 0.6) is 0 Å².